The molecule has 0 spiro atoms. The molecule has 0 radical (unpaired) electrons. The van der Waals surface area contributed by atoms with Gasteiger partial charge in [0.25, 0.3) is 0 Å². The van der Waals surface area contributed by atoms with Crippen molar-refractivity contribution in [2.45, 2.75) is 12.5 Å². The van der Waals surface area contributed by atoms with Gasteiger partial charge in [-0.3, -0.25) is 4.79 Å². The zero-order valence-electron chi connectivity index (χ0n) is 9.54. The summed E-state index contributed by atoms with van der Waals surface area (Å²) in [5, 5.41) is 0.598. The summed E-state index contributed by atoms with van der Waals surface area (Å²) in [6.45, 7) is 0. The zero-order chi connectivity index (χ0) is 12.9. The molecule has 0 aliphatic carbocycles. The van der Waals surface area contributed by atoms with E-state index in [1.54, 1.807) is 29.2 Å². The number of nitrogens with zero attached hydrogens (tertiary/aromatic N) is 1. The second kappa shape index (κ2) is 3.96. The van der Waals surface area contributed by atoms with Crippen LogP contribution in [0.25, 0.3) is 0 Å². The normalized spacial score (nSPS) is 29.6. The van der Waals surface area contributed by atoms with Gasteiger partial charge in [0.2, 0.25) is 5.91 Å². The van der Waals surface area contributed by atoms with Crippen LogP contribution in [0, 0.1) is 5.92 Å². The summed E-state index contributed by atoms with van der Waals surface area (Å²) in [5.74, 6) is 0.153. The fourth-order valence-electron chi connectivity index (χ4n) is 2.83. The van der Waals surface area contributed by atoms with Gasteiger partial charge in [-0.15, -0.1) is 0 Å². The van der Waals surface area contributed by atoms with Crippen LogP contribution in [0.3, 0.4) is 0 Å². The number of sulfone groups is 1. The van der Waals surface area contributed by atoms with E-state index in [-0.39, 0.29) is 29.4 Å². The molecule has 18 heavy (non-hydrogen) atoms. The van der Waals surface area contributed by atoms with Crippen LogP contribution in [0.2, 0.25) is 5.02 Å². The van der Waals surface area contributed by atoms with Gasteiger partial charge >= 0.3 is 0 Å². The van der Waals surface area contributed by atoms with Gasteiger partial charge in [-0.1, -0.05) is 11.6 Å². The first kappa shape index (κ1) is 12.0. The predicted molar refractivity (Wildman–Crippen MR) is 69.5 cm³/mol. The zero-order valence-corrected chi connectivity index (χ0v) is 11.1. The van der Waals surface area contributed by atoms with E-state index < -0.39 is 9.84 Å². The number of benzene rings is 1. The third-order valence-corrected chi connectivity index (χ3v) is 5.62. The highest BCUT2D eigenvalue weighted by molar-refractivity contribution is 7.91. The monoisotopic (exact) mass is 285 g/mol. The molecule has 0 bridgehead atoms. The van der Waals surface area contributed by atoms with Gasteiger partial charge in [0.05, 0.1) is 17.5 Å². The topological polar surface area (TPSA) is 54.5 Å². The Morgan fingerprint density at radius 2 is 1.83 bits per heavy atom. The molecule has 2 atom stereocenters. The average molecular weight is 286 g/mol. The lowest BCUT2D eigenvalue weighted by Crippen LogP contribution is -2.36. The van der Waals surface area contributed by atoms with E-state index in [2.05, 4.69) is 0 Å². The molecular weight excluding hydrogens is 274 g/mol. The van der Waals surface area contributed by atoms with Crippen LogP contribution in [-0.2, 0) is 14.6 Å². The second-order valence-corrected chi connectivity index (χ2v) is 7.44. The molecule has 2 aliphatic rings. The Hall–Kier alpha value is -1.07. The standard InChI is InChI=1S/C12H12ClNO3S/c13-9-1-3-10(4-2-9)14-11-7-18(16,17)6-8(11)5-12(14)15/h1-4,8,11H,5-7H2/t8-,11-/m1/s1. The molecule has 2 fully saturated rings. The summed E-state index contributed by atoms with van der Waals surface area (Å²) in [4.78, 5) is 13.6. The van der Waals surface area contributed by atoms with Gasteiger partial charge < -0.3 is 4.90 Å². The molecule has 2 aliphatic heterocycles. The third-order valence-electron chi connectivity index (χ3n) is 3.58. The molecule has 2 saturated heterocycles. The van der Waals surface area contributed by atoms with Crippen molar-refractivity contribution >= 4 is 33.0 Å². The number of carbonyl (C=O) groups is 1. The number of hydrogen-bond donors (Lipinski definition) is 0. The molecule has 0 unspecified atom stereocenters. The van der Waals surface area contributed by atoms with E-state index in [0.717, 1.165) is 5.69 Å². The number of rotatable bonds is 1. The lowest BCUT2D eigenvalue weighted by molar-refractivity contribution is -0.117. The number of fused-ring (bicyclic) bond motifs is 1. The van der Waals surface area contributed by atoms with Crippen molar-refractivity contribution in [1.82, 2.24) is 0 Å². The Kier molecular flexibility index (Phi) is 2.64. The number of carbonyl (C=O) groups excluding carboxylic acids is 1. The quantitative estimate of drug-likeness (QED) is 0.785. The lowest BCUT2D eigenvalue weighted by Gasteiger charge is -2.23. The van der Waals surface area contributed by atoms with Gasteiger partial charge in [-0.25, -0.2) is 8.42 Å². The van der Waals surface area contributed by atoms with Crippen molar-refractivity contribution in [1.29, 1.82) is 0 Å². The molecular formula is C12H12ClNO3S. The number of amides is 1. The van der Waals surface area contributed by atoms with E-state index in [0.29, 0.717) is 11.4 Å². The summed E-state index contributed by atoms with van der Waals surface area (Å²) in [7, 11) is -3.00. The number of anilines is 1. The van der Waals surface area contributed by atoms with Crippen molar-refractivity contribution < 1.29 is 13.2 Å². The van der Waals surface area contributed by atoms with E-state index in [1.165, 1.54) is 0 Å². The highest BCUT2D eigenvalue weighted by Gasteiger charge is 2.49. The highest BCUT2D eigenvalue weighted by Crippen LogP contribution is 2.37. The Balaban J connectivity index is 1.96. The molecule has 4 nitrogen and oxygen atoms in total. The molecule has 1 aromatic rings. The van der Waals surface area contributed by atoms with Crippen LogP contribution in [0.15, 0.2) is 24.3 Å². The Labute approximate surface area is 110 Å². The average Bonchev–Trinajstić information content (AvgIpc) is 2.70. The van der Waals surface area contributed by atoms with Crippen molar-refractivity contribution in [2.24, 2.45) is 5.92 Å². The van der Waals surface area contributed by atoms with E-state index in [1.807, 2.05) is 0 Å². The number of hydrogen-bond acceptors (Lipinski definition) is 3. The fraction of sp³-hybridized carbons (Fsp3) is 0.417. The molecule has 1 amide bonds. The molecule has 1 aromatic carbocycles. The molecule has 96 valence electrons. The summed E-state index contributed by atoms with van der Waals surface area (Å²) in [5.41, 5.74) is 0.731. The van der Waals surface area contributed by atoms with Crippen molar-refractivity contribution in [2.75, 3.05) is 16.4 Å². The predicted octanol–water partition coefficient (Wildman–Crippen LogP) is 1.49. The van der Waals surface area contributed by atoms with Crippen LogP contribution in [0.1, 0.15) is 6.42 Å². The van der Waals surface area contributed by atoms with Crippen LogP contribution < -0.4 is 4.90 Å². The SMILES string of the molecule is O=C1C[C@@H]2CS(=O)(=O)C[C@H]2N1c1ccc(Cl)cc1. The Morgan fingerprint density at radius 3 is 2.50 bits per heavy atom. The van der Waals surface area contributed by atoms with Crippen LogP contribution in [0.5, 0.6) is 0 Å². The largest absolute Gasteiger partial charge is 0.308 e. The smallest absolute Gasteiger partial charge is 0.227 e. The first-order valence-electron chi connectivity index (χ1n) is 5.74. The van der Waals surface area contributed by atoms with Crippen LogP contribution in [0.4, 0.5) is 5.69 Å². The van der Waals surface area contributed by atoms with Crippen molar-refractivity contribution in [3.8, 4) is 0 Å². The molecule has 0 N–H and O–H groups in total. The Morgan fingerprint density at radius 1 is 1.17 bits per heavy atom. The minimum absolute atomic E-state index is 0.00206. The second-order valence-electron chi connectivity index (χ2n) is 4.85. The molecule has 0 aromatic heterocycles. The maximum absolute atomic E-state index is 12.0. The minimum atomic E-state index is -3.00. The molecule has 2 heterocycles. The summed E-state index contributed by atoms with van der Waals surface area (Å²) < 4.78 is 23.2. The third kappa shape index (κ3) is 1.91. The Bertz CT molecular complexity index is 596. The number of halogens is 1. The first-order valence-corrected chi connectivity index (χ1v) is 7.94. The van der Waals surface area contributed by atoms with Gasteiger partial charge in [0, 0.05) is 23.0 Å². The highest BCUT2D eigenvalue weighted by atomic mass is 35.5. The fourth-order valence-corrected chi connectivity index (χ4v) is 5.02. The summed E-state index contributed by atoms with van der Waals surface area (Å²) in [6, 6.07) is 6.73. The van der Waals surface area contributed by atoms with Crippen LogP contribution >= 0.6 is 11.6 Å². The van der Waals surface area contributed by atoms with Gasteiger partial charge in [0.1, 0.15) is 0 Å². The molecule has 3 rings (SSSR count). The maximum Gasteiger partial charge on any atom is 0.227 e. The van der Waals surface area contributed by atoms with Gasteiger partial charge in [-0.2, -0.15) is 0 Å². The molecule has 0 saturated carbocycles. The minimum Gasteiger partial charge on any atom is -0.308 e. The summed E-state index contributed by atoms with van der Waals surface area (Å²) >= 11 is 5.81. The summed E-state index contributed by atoms with van der Waals surface area (Å²) in [6.07, 6.45) is 0.326. The van der Waals surface area contributed by atoms with E-state index >= 15 is 0 Å². The van der Waals surface area contributed by atoms with Gasteiger partial charge in [-0.05, 0) is 24.3 Å². The van der Waals surface area contributed by atoms with Crippen LogP contribution in [-0.4, -0.2) is 31.9 Å². The lowest BCUT2D eigenvalue weighted by atomic mass is 10.1. The first-order chi connectivity index (χ1) is 8.46. The van der Waals surface area contributed by atoms with E-state index in [9.17, 15) is 13.2 Å². The van der Waals surface area contributed by atoms with Crippen molar-refractivity contribution in [3.05, 3.63) is 29.3 Å². The van der Waals surface area contributed by atoms with Gasteiger partial charge in [0.15, 0.2) is 9.84 Å². The molecule has 6 heteroatoms. The maximum atomic E-state index is 12.0. The van der Waals surface area contributed by atoms with Crippen molar-refractivity contribution in [3.63, 3.8) is 0 Å². The van der Waals surface area contributed by atoms with E-state index in [4.69, 9.17) is 11.6 Å².